The summed E-state index contributed by atoms with van der Waals surface area (Å²) in [5.41, 5.74) is 0.167. The van der Waals surface area contributed by atoms with Gasteiger partial charge >= 0.3 is 0 Å². The lowest BCUT2D eigenvalue weighted by Gasteiger charge is -2.35. The van der Waals surface area contributed by atoms with Crippen molar-refractivity contribution in [2.75, 3.05) is 34.5 Å². The van der Waals surface area contributed by atoms with Crippen LogP contribution in [0.25, 0.3) is 0 Å². The van der Waals surface area contributed by atoms with Crippen molar-refractivity contribution in [3.63, 3.8) is 0 Å². The van der Waals surface area contributed by atoms with Gasteiger partial charge in [0.15, 0.2) is 0 Å². The van der Waals surface area contributed by atoms with E-state index in [9.17, 15) is 0 Å². The van der Waals surface area contributed by atoms with Gasteiger partial charge in [-0.05, 0) is 0 Å². The number of rotatable bonds is 6. The van der Waals surface area contributed by atoms with Gasteiger partial charge in [0.25, 0.3) is 0 Å². The van der Waals surface area contributed by atoms with E-state index in [1.54, 1.807) is 0 Å². The van der Waals surface area contributed by atoms with Crippen molar-refractivity contribution in [3.05, 3.63) is 0 Å². The highest BCUT2D eigenvalue weighted by atomic mass is 33.4. The minimum absolute atomic E-state index is 0.167. The van der Waals surface area contributed by atoms with Crippen molar-refractivity contribution in [3.8, 4) is 0 Å². The Kier molecular flexibility index (Phi) is 5.75. The number of thioether (sulfide) groups is 3. The van der Waals surface area contributed by atoms with Gasteiger partial charge in [-0.2, -0.15) is 35.3 Å². The van der Waals surface area contributed by atoms with E-state index < -0.39 is 0 Å². The molecule has 7 heteroatoms. The van der Waals surface area contributed by atoms with Crippen LogP contribution < -0.4 is 0 Å². The molecule has 0 saturated carbocycles. The highest BCUT2D eigenvalue weighted by molar-refractivity contribution is 9.12. The zero-order chi connectivity index (χ0) is 10.8. The molecule has 0 amide bonds. The van der Waals surface area contributed by atoms with Gasteiger partial charge in [-0.25, -0.2) is 0 Å². The molecule has 3 aliphatic heterocycles. The van der Waals surface area contributed by atoms with Crippen molar-refractivity contribution in [1.29, 1.82) is 0 Å². The molecule has 3 fully saturated rings. The first-order valence-corrected chi connectivity index (χ1v) is 14.7. The molecule has 16 heavy (non-hydrogen) atoms. The predicted molar refractivity (Wildman–Crippen MR) is 93.0 cm³/mol. The molecule has 0 aliphatic carbocycles. The Labute approximate surface area is 124 Å². The molecule has 0 aromatic heterocycles. The fraction of sp³-hybridized carbons (Fsp3) is 1.00. The lowest BCUT2D eigenvalue weighted by atomic mass is 10.5. The molecule has 0 aromatic carbocycles. The van der Waals surface area contributed by atoms with Crippen LogP contribution in [0.1, 0.15) is 0 Å². The minimum atomic E-state index is 0.167. The molecule has 3 heterocycles. The van der Waals surface area contributed by atoms with Gasteiger partial charge in [0.1, 0.15) is 0 Å². The van der Waals surface area contributed by atoms with Crippen LogP contribution in [-0.4, -0.2) is 50.3 Å². The summed E-state index contributed by atoms with van der Waals surface area (Å²) in [4.78, 5) is 0. The van der Waals surface area contributed by atoms with E-state index in [0.717, 1.165) is 15.7 Å². The molecule has 0 bridgehead atoms. The highest BCUT2D eigenvalue weighted by Crippen LogP contribution is 2.76. The predicted octanol–water partition coefficient (Wildman–Crippen LogP) is 4.76. The lowest BCUT2D eigenvalue weighted by molar-refractivity contribution is 1.09. The Morgan fingerprint density at radius 3 is 1.12 bits per heavy atom. The lowest BCUT2D eigenvalue weighted by Crippen LogP contribution is -2.23. The van der Waals surface area contributed by atoms with Crippen LogP contribution in [0.2, 0.25) is 0 Å². The third-order valence-corrected chi connectivity index (χ3v) is 18.9. The van der Waals surface area contributed by atoms with Gasteiger partial charge in [-0.15, -0.1) is 34.1 Å². The molecule has 0 atom stereocenters. The largest absolute Gasteiger partial charge is 0.160 e. The van der Waals surface area contributed by atoms with Crippen LogP contribution in [0.5, 0.6) is 0 Å². The maximum absolute atomic E-state index is 2.34. The van der Waals surface area contributed by atoms with Gasteiger partial charge in [-0.3, -0.25) is 0 Å². The molecule has 0 unspecified atom stereocenters. The summed E-state index contributed by atoms with van der Waals surface area (Å²) in [7, 11) is 0. The van der Waals surface area contributed by atoms with E-state index in [2.05, 4.69) is 69.4 Å². The van der Waals surface area contributed by atoms with Crippen LogP contribution in [0.4, 0.5) is 0 Å². The van der Waals surface area contributed by atoms with Crippen LogP contribution in [0.3, 0.4) is 0 Å². The van der Waals surface area contributed by atoms with Gasteiger partial charge in [0.05, 0.1) is 5.53 Å². The minimum Gasteiger partial charge on any atom is -0.160 e. The maximum Gasteiger partial charge on any atom is 0.0739 e. The molecule has 0 radical (unpaired) electrons. The zero-order valence-corrected chi connectivity index (χ0v) is 14.7. The Balaban J connectivity index is 1.44. The summed E-state index contributed by atoms with van der Waals surface area (Å²) in [6.45, 7) is 0. The fourth-order valence-electron chi connectivity index (χ4n) is 1.26. The maximum atomic E-state index is 2.34. The molecular weight excluding hydrogens is 331 g/mol. The van der Waals surface area contributed by atoms with E-state index in [1.807, 2.05) is 0 Å². The third kappa shape index (κ3) is 3.77. The first-order valence-electron chi connectivity index (χ1n) is 5.44. The second kappa shape index (κ2) is 6.81. The molecule has 0 nitrogen and oxygen atoms in total. The zero-order valence-electron chi connectivity index (χ0n) is 8.87. The number of hydrogen-bond acceptors (Lipinski definition) is 6. The third-order valence-electron chi connectivity index (χ3n) is 2.53. The highest BCUT2D eigenvalue weighted by Gasteiger charge is 2.32. The van der Waals surface area contributed by atoms with Crippen molar-refractivity contribution < 1.29 is 0 Å². The van der Waals surface area contributed by atoms with E-state index in [-0.39, 0.29) is 5.53 Å². The van der Waals surface area contributed by atoms with Crippen LogP contribution in [0.15, 0.2) is 0 Å². The van der Waals surface area contributed by atoms with Gasteiger partial charge in [0.2, 0.25) is 0 Å². The molecule has 3 saturated heterocycles. The van der Waals surface area contributed by atoms with Crippen LogP contribution in [0, 0.1) is 0 Å². The Hall–Kier alpha value is 2.53. The van der Waals surface area contributed by atoms with E-state index >= 15 is 0 Å². The average molecular weight is 347 g/mol. The van der Waals surface area contributed by atoms with E-state index in [0.29, 0.717) is 0 Å². The molecule has 3 aliphatic rings. The van der Waals surface area contributed by atoms with Gasteiger partial charge < -0.3 is 0 Å². The first kappa shape index (κ1) is 13.5. The second-order valence-corrected chi connectivity index (χ2v) is 17.6. The Morgan fingerprint density at radius 2 is 0.938 bits per heavy atom. The van der Waals surface area contributed by atoms with Gasteiger partial charge in [0, 0.05) is 50.3 Å². The monoisotopic (exact) mass is 346 g/mol. The molecule has 92 valence electrons. The van der Waals surface area contributed by atoms with Crippen molar-refractivity contribution in [1.82, 2.24) is 0 Å². The normalized spacial score (nSPS) is 27.6. The summed E-state index contributed by atoms with van der Waals surface area (Å²) in [6, 6.07) is 0. The fourth-order valence-corrected chi connectivity index (χ4v) is 20.5. The quantitative estimate of drug-likeness (QED) is 0.631. The summed E-state index contributed by atoms with van der Waals surface area (Å²) < 4.78 is 0. The van der Waals surface area contributed by atoms with E-state index in [4.69, 9.17) is 0 Å². The molecule has 3 rings (SSSR count). The summed E-state index contributed by atoms with van der Waals surface area (Å²) in [6.07, 6.45) is 0. The molecule has 0 N–H and O–H groups in total. The molecule has 0 spiro atoms. The molecule has 0 aromatic rings. The van der Waals surface area contributed by atoms with Gasteiger partial charge in [-0.1, -0.05) is 0 Å². The summed E-state index contributed by atoms with van der Waals surface area (Å²) >= 11 is 13.4. The first-order chi connectivity index (χ1) is 7.90. The second-order valence-electron chi connectivity index (χ2n) is 4.02. The topological polar surface area (TPSA) is 0 Å². The molecular formula is C9H15PS6. The van der Waals surface area contributed by atoms with Crippen LogP contribution in [-0.2, 0) is 0 Å². The smallest absolute Gasteiger partial charge is 0.0739 e. The van der Waals surface area contributed by atoms with Crippen LogP contribution >= 0.6 is 75.0 Å². The SMILES string of the molecule is C1SCC1SP(SC1CSC1)SC1CSC1. The summed E-state index contributed by atoms with van der Waals surface area (Å²) in [5, 5.41) is 2.99. The summed E-state index contributed by atoms with van der Waals surface area (Å²) in [5.74, 6) is 8.52. The van der Waals surface area contributed by atoms with Crippen molar-refractivity contribution in [2.24, 2.45) is 0 Å². The van der Waals surface area contributed by atoms with Crippen molar-refractivity contribution >= 4 is 75.0 Å². The Bertz CT molecular complexity index is 190. The van der Waals surface area contributed by atoms with Crippen molar-refractivity contribution in [2.45, 2.75) is 15.7 Å². The average Bonchev–Trinajstić information content (AvgIpc) is 2.08. The van der Waals surface area contributed by atoms with E-state index in [1.165, 1.54) is 34.5 Å². The number of hydrogen-bond donors (Lipinski definition) is 0. The standard InChI is InChI=1S/C9H15PS6/c1-7(2-11-1)14-10(15-8-3-12-4-8)16-9-5-13-6-9/h7-9H,1-6H2. The Morgan fingerprint density at radius 1 is 0.625 bits per heavy atom.